The third-order valence-corrected chi connectivity index (χ3v) is 5.10. The van der Waals surface area contributed by atoms with Crippen molar-refractivity contribution in [2.45, 2.75) is 0 Å². The molecule has 166 valence electrons. The van der Waals surface area contributed by atoms with Gasteiger partial charge in [-0.25, -0.2) is 0 Å². The summed E-state index contributed by atoms with van der Waals surface area (Å²) in [7, 11) is 0. The first-order valence-electron chi connectivity index (χ1n) is 10.3. The molecule has 8 nitrogen and oxygen atoms in total. The lowest BCUT2D eigenvalue weighted by Gasteiger charge is -2.09. The van der Waals surface area contributed by atoms with Gasteiger partial charge in [-0.05, 0) is 42.5 Å². The fourth-order valence-electron chi connectivity index (χ4n) is 3.49. The van der Waals surface area contributed by atoms with Crippen LogP contribution in [0.2, 0.25) is 0 Å². The summed E-state index contributed by atoms with van der Waals surface area (Å²) < 4.78 is 11.1. The second kappa shape index (κ2) is 8.51. The van der Waals surface area contributed by atoms with Crippen molar-refractivity contribution in [3.05, 3.63) is 117 Å². The quantitative estimate of drug-likeness (QED) is 0.417. The molecule has 5 aromatic rings. The minimum atomic E-state index is -0.619. The number of anilines is 2. The van der Waals surface area contributed by atoms with Gasteiger partial charge in [0.1, 0.15) is 11.2 Å². The summed E-state index contributed by atoms with van der Waals surface area (Å²) >= 11 is 0. The molecule has 0 aliphatic rings. The van der Waals surface area contributed by atoms with Gasteiger partial charge in [-0.2, -0.15) is 0 Å². The van der Waals surface area contributed by atoms with Crippen LogP contribution in [0.15, 0.2) is 103 Å². The molecule has 0 fully saturated rings. The van der Waals surface area contributed by atoms with E-state index < -0.39 is 11.8 Å². The first kappa shape index (κ1) is 20.9. The van der Waals surface area contributed by atoms with E-state index in [1.807, 2.05) is 0 Å². The van der Waals surface area contributed by atoms with Gasteiger partial charge in [0.05, 0.1) is 10.8 Å². The smallest absolute Gasteiger partial charge is 0.291 e. The molecule has 0 saturated heterocycles. The van der Waals surface area contributed by atoms with Crippen molar-refractivity contribution in [2.24, 2.45) is 0 Å². The number of benzene rings is 3. The van der Waals surface area contributed by atoms with E-state index in [9.17, 15) is 19.2 Å². The molecule has 0 unspecified atom stereocenters. The van der Waals surface area contributed by atoms with E-state index in [1.54, 1.807) is 66.7 Å². The molecule has 0 spiro atoms. The number of hydrogen-bond donors (Lipinski definition) is 2. The maximum atomic E-state index is 12.6. The lowest BCUT2D eigenvalue weighted by molar-refractivity contribution is 0.0990. The summed E-state index contributed by atoms with van der Waals surface area (Å²) in [5.41, 5.74) is 0.669. The second-order valence-corrected chi connectivity index (χ2v) is 7.43. The van der Waals surface area contributed by atoms with Crippen LogP contribution in [0, 0.1) is 0 Å². The molecule has 0 radical (unpaired) electrons. The topological polar surface area (TPSA) is 119 Å². The van der Waals surface area contributed by atoms with E-state index in [4.69, 9.17) is 8.83 Å². The van der Waals surface area contributed by atoms with Gasteiger partial charge in [-0.3, -0.25) is 19.2 Å². The van der Waals surface area contributed by atoms with E-state index in [-0.39, 0.29) is 22.4 Å². The first-order chi connectivity index (χ1) is 16.5. The Bertz CT molecular complexity index is 1580. The fraction of sp³-hybridized carbons (Fsp3) is 0. The predicted octanol–water partition coefficient (Wildman–Crippen LogP) is 4.40. The van der Waals surface area contributed by atoms with Crippen molar-refractivity contribution in [1.82, 2.24) is 0 Å². The van der Waals surface area contributed by atoms with Crippen LogP contribution >= 0.6 is 0 Å². The Kier molecular flexibility index (Phi) is 5.23. The van der Waals surface area contributed by atoms with Gasteiger partial charge in [-0.1, -0.05) is 30.3 Å². The number of hydrogen-bond acceptors (Lipinski definition) is 6. The maximum absolute atomic E-state index is 12.6. The Morgan fingerprint density at radius 2 is 1.00 bits per heavy atom. The van der Waals surface area contributed by atoms with E-state index in [0.29, 0.717) is 33.3 Å². The van der Waals surface area contributed by atoms with Crippen LogP contribution in [-0.2, 0) is 0 Å². The third-order valence-electron chi connectivity index (χ3n) is 5.10. The average molecular weight is 452 g/mol. The Balaban J connectivity index is 1.36. The van der Waals surface area contributed by atoms with E-state index in [2.05, 4.69) is 10.6 Å². The molecule has 2 amide bonds. The van der Waals surface area contributed by atoms with Crippen molar-refractivity contribution in [3.63, 3.8) is 0 Å². The number of rotatable bonds is 4. The van der Waals surface area contributed by atoms with Crippen LogP contribution < -0.4 is 21.5 Å². The lowest BCUT2D eigenvalue weighted by Crippen LogP contribution is -2.16. The molecule has 2 heterocycles. The third kappa shape index (κ3) is 4.07. The second-order valence-electron chi connectivity index (χ2n) is 7.43. The van der Waals surface area contributed by atoms with Gasteiger partial charge in [0, 0.05) is 23.5 Å². The van der Waals surface area contributed by atoms with Gasteiger partial charge in [0.15, 0.2) is 22.4 Å². The number of fused-ring (bicyclic) bond motifs is 2. The average Bonchev–Trinajstić information content (AvgIpc) is 2.84. The zero-order valence-electron chi connectivity index (χ0n) is 17.5. The van der Waals surface area contributed by atoms with Crippen LogP contribution in [0.5, 0.6) is 0 Å². The van der Waals surface area contributed by atoms with Gasteiger partial charge >= 0.3 is 0 Å². The van der Waals surface area contributed by atoms with Crippen LogP contribution in [0.1, 0.15) is 21.1 Å². The van der Waals surface area contributed by atoms with E-state index in [1.165, 1.54) is 6.07 Å². The maximum Gasteiger partial charge on any atom is 0.291 e. The summed E-state index contributed by atoms with van der Waals surface area (Å²) in [6.45, 7) is 0. The Morgan fingerprint density at radius 1 is 0.559 bits per heavy atom. The highest BCUT2D eigenvalue weighted by molar-refractivity contribution is 6.05. The Labute approximate surface area is 191 Å². The Hall–Kier alpha value is -4.98. The molecular weight excluding hydrogens is 436 g/mol. The van der Waals surface area contributed by atoms with Crippen molar-refractivity contribution >= 4 is 45.1 Å². The van der Waals surface area contributed by atoms with Crippen LogP contribution in [0.4, 0.5) is 11.4 Å². The largest absolute Gasteiger partial charge is 0.451 e. The SMILES string of the molecule is O=C(Nc1cccc(NC(=O)c2cc(=O)c3ccccc3o2)c1)c1cc(=O)c2ccccc2o1. The molecule has 2 aromatic heterocycles. The monoisotopic (exact) mass is 452 g/mol. The minimum absolute atomic E-state index is 0.143. The molecule has 2 N–H and O–H groups in total. The first-order valence-corrected chi connectivity index (χ1v) is 10.3. The molecule has 34 heavy (non-hydrogen) atoms. The Morgan fingerprint density at radius 3 is 1.47 bits per heavy atom. The summed E-state index contributed by atoms with van der Waals surface area (Å²) in [4.78, 5) is 49.8. The van der Waals surface area contributed by atoms with E-state index in [0.717, 1.165) is 12.1 Å². The summed E-state index contributed by atoms with van der Waals surface area (Å²) in [5.74, 6) is -1.52. The molecule has 0 aliphatic heterocycles. The predicted molar refractivity (Wildman–Crippen MR) is 127 cm³/mol. The van der Waals surface area contributed by atoms with Crippen molar-refractivity contribution in [2.75, 3.05) is 10.6 Å². The van der Waals surface area contributed by atoms with Gasteiger partial charge in [0.2, 0.25) is 0 Å². The molecule has 3 aromatic carbocycles. The van der Waals surface area contributed by atoms with Crippen molar-refractivity contribution < 1.29 is 18.4 Å². The molecule has 0 aliphatic carbocycles. The minimum Gasteiger partial charge on any atom is -0.451 e. The van der Waals surface area contributed by atoms with Gasteiger partial charge in [-0.15, -0.1) is 0 Å². The number of carbonyl (C=O) groups excluding carboxylic acids is 2. The summed E-state index contributed by atoms with van der Waals surface area (Å²) in [5, 5.41) is 6.04. The van der Waals surface area contributed by atoms with Crippen LogP contribution in [-0.4, -0.2) is 11.8 Å². The van der Waals surface area contributed by atoms with Gasteiger partial charge in [0.25, 0.3) is 11.8 Å². The molecule has 5 rings (SSSR count). The number of amides is 2. The van der Waals surface area contributed by atoms with Crippen molar-refractivity contribution in [3.8, 4) is 0 Å². The molecule has 0 atom stereocenters. The fourth-order valence-corrected chi connectivity index (χ4v) is 3.49. The summed E-state index contributed by atoms with van der Waals surface area (Å²) in [6, 6.07) is 21.9. The highest BCUT2D eigenvalue weighted by atomic mass is 16.3. The highest BCUT2D eigenvalue weighted by Crippen LogP contribution is 2.19. The molecule has 0 bridgehead atoms. The number of nitrogens with one attached hydrogen (secondary N) is 2. The normalized spacial score (nSPS) is 10.8. The summed E-state index contributed by atoms with van der Waals surface area (Å²) in [6.07, 6.45) is 0. The number of carbonyl (C=O) groups is 2. The van der Waals surface area contributed by atoms with Crippen molar-refractivity contribution in [1.29, 1.82) is 0 Å². The molecular formula is C26H16N2O6. The van der Waals surface area contributed by atoms with Crippen LogP contribution in [0.3, 0.4) is 0 Å². The highest BCUT2D eigenvalue weighted by Gasteiger charge is 2.15. The zero-order valence-corrected chi connectivity index (χ0v) is 17.5. The molecule has 0 saturated carbocycles. The standard InChI is InChI=1S/C26H16N2O6/c29-19-13-23(33-21-10-3-1-8-17(19)21)25(31)27-15-6-5-7-16(12-15)28-26(32)24-14-20(30)18-9-2-4-11-22(18)34-24/h1-14H,(H,27,31)(H,28,32). The molecule has 8 heteroatoms. The number of para-hydroxylation sites is 2. The van der Waals surface area contributed by atoms with Gasteiger partial charge < -0.3 is 19.5 Å². The van der Waals surface area contributed by atoms with E-state index >= 15 is 0 Å². The zero-order chi connectivity index (χ0) is 23.7. The van der Waals surface area contributed by atoms with Crippen LogP contribution in [0.25, 0.3) is 21.9 Å². The lowest BCUT2D eigenvalue weighted by atomic mass is 10.2.